The van der Waals surface area contributed by atoms with Crippen LogP contribution >= 0.6 is 0 Å². The largest absolute Gasteiger partial charge is 0.416 e. The first-order chi connectivity index (χ1) is 8.31. The summed E-state index contributed by atoms with van der Waals surface area (Å²) >= 11 is 0. The maximum atomic E-state index is 12.6. The Kier molecular flexibility index (Phi) is 4.21. The van der Waals surface area contributed by atoms with Crippen LogP contribution in [0.25, 0.3) is 0 Å². The van der Waals surface area contributed by atoms with Crippen LogP contribution in [0.5, 0.6) is 0 Å². The molecule has 1 N–H and O–H groups in total. The summed E-state index contributed by atoms with van der Waals surface area (Å²) in [4.78, 5) is 13.3. The van der Waals surface area contributed by atoms with E-state index in [1.165, 1.54) is 11.0 Å². The average Bonchev–Trinajstić information content (AvgIpc) is 2.35. The summed E-state index contributed by atoms with van der Waals surface area (Å²) < 4.78 is 37.8. The van der Waals surface area contributed by atoms with Gasteiger partial charge in [-0.2, -0.15) is 13.2 Å². The molecule has 0 aliphatic heterocycles. The van der Waals surface area contributed by atoms with Crippen molar-refractivity contribution in [3.8, 4) is 0 Å². The first kappa shape index (κ1) is 14.3. The molecule has 1 aromatic rings. The van der Waals surface area contributed by atoms with Gasteiger partial charge >= 0.3 is 6.18 Å². The minimum Gasteiger partial charge on any atom is -0.387 e. The van der Waals surface area contributed by atoms with Crippen molar-refractivity contribution in [2.45, 2.75) is 13.1 Å². The van der Waals surface area contributed by atoms with Gasteiger partial charge in [-0.3, -0.25) is 4.79 Å². The molecular weight excluding hydrogens is 245 g/mol. The van der Waals surface area contributed by atoms with E-state index in [1.807, 2.05) is 0 Å². The maximum absolute atomic E-state index is 12.6. The number of halogens is 3. The van der Waals surface area contributed by atoms with Gasteiger partial charge < -0.3 is 10.2 Å². The molecule has 1 aromatic carbocycles. The zero-order valence-corrected chi connectivity index (χ0v) is 10.4. The van der Waals surface area contributed by atoms with Crippen LogP contribution in [0.4, 0.5) is 18.9 Å². The highest BCUT2D eigenvalue weighted by molar-refractivity contribution is 5.99. The van der Waals surface area contributed by atoms with E-state index in [1.54, 1.807) is 21.0 Å². The number of hydrogen-bond acceptors (Lipinski definition) is 2. The minimum absolute atomic E-state index is 0.0247. The van der Waals surface area contributed by atoms with Gasteiger partial charge in [-0.15, -0.1) is 0 Å². The first-order valence-corrected chi connectivity index (χ1v) is 5.45. The van der Waals surface area contributed by atoms with Gasteiger partial charge in [0, 0.05) is 26.3 Å². The fourth-order valence-electron chi connectivity index (χ4n) is 1.46. The Bertz CT molecular complexity index is 443. The molecule has 0 heterocycles. The third kappa shape index (κ3) is 2.94. The molecule has 0 radical (unpaired) electrons. The Balaban J connectivity index is 3.27. The molecule has 0 unspecified atom stereocenters. The monoisotopic (exact) mass is 260 g/mol. The smallest absolute Gasteiger partial charge is 0.387 e. The van der Waals surface area contributed by atoms with Crippen LogP contribution < -0.4 is 5.32 Å². The van der Waals surface area contributed by atoms with Crippen molar-refractivity contribution in [3.05, 3.63) is 29.3 Å². The van der Waals surface area contributed by atoms with Crippen LogP contribution in [0.2, 0.25) is 0 Å². The molecule has 1 rings (SSSR count). The van der Waals surface area contributed by atoms with Crippen LogP contribution in [0.3, 0.4) is 0 Å². The van der Waals surface area contributed by atoms with Gasteiger partial charge in [0.05, 0.1) is 11.1 Å². The summed E-state index contributed by atoms with van der Waals surface area (Å²) in [6.07, 6.45) is -4.45. The molecule has 0 spiro atoms. The van der Waals surface area contributed by atoms with Crippen molar-refractivity contribution in [1.29, 1.82) is 0 Å². The lowest BCUT2D eigenvalue weighted by Gasteiger charge is -2.18. The number of rotatable bonds is 3. The summed E-state index contributed by atoms with van der Waals surface area (Å²) in [5, 5.41) is 2.72. The minimum atomic E-state index is -4.45. The number of amides is 1. The molecule has 0 fully saturated rings. The SMILES string of the molecule is CCN(C)C(=O)c1cc(C(F)(F)F)ccc1NC. The van der Waals surface area contributed by atoms with Crippen LogP contribution in [0, 0.1) is 0 Å². The summed E-state index contributed by atoms with van der Waals surface area (Å²) in [5.74, 6) is -0.437. The zero-order valence-electron chi connectivity index (χ0n) is 10.4. The van der Waals surface area contributed by atoms with E-state index in [4.69, 9.17) is 0 Å². The predicted octanol–water partition coefficient (Wildman–Crippen LogP) is 2.84. The highest BCUT2D eigenvalue weighted by Gasteiger charge is 2.32. The molecular formula is C12H15F3N2O. The van der Waals surface area contributed by atoms with E-state index in [9.17, 15) is 18.0 Å². The molecule has 100 valence electrons. The lowest BCUT2D eigenvalue weighted by Crippen LogP contribution is -2.27. The quantitative estimate of drug-likeness (QED) is 0.906. The Morgan fingerprint density at radius 3 is 2.44 bits per heavy atom. The molecule has 0 bridgehead atoms. The molecule has 0 aromatic heterocycles. The van der Waals surface area contributed by atoms with Crippen LogP contribution in [0.15, 0.2) is 18.2 Å². The average molecular weight is 260 g/mol. The number of alkyl halides is 3. The molecule has 0 saturated carbocycles. The number of anilines is 1. The standard InChI is InChI=1S/C12H15F3N2O/c1-4-17(3)11(18)9-7-8(12(13,14)15)5-6-10(9)16-2/h5-7,16H,4H2,1-3H3. The van der Waals surface area contributed by atoms with E-state index < -0.39 is 17.6 Å². The third-order valence-corrected chi connectivity index (χ3v) is 2.67. The second kappa shape index (κ2) is 5.29. The van der Waals surface area contributed by atoms with Gasteiger partial charge in [0.1, 0.15) is 0 Å². The van der Waals surface area contributed by atoms with Gasteiger partial charge in [-0.05, 0) is 25.1 Å². The van der Waals surface area contributed by atoms with Crippen molar-refractivity contribution in [2.24, 2.45) is 0 Å². The van der Waals surface area contributed by atoms with Gasteiger partial charge in [0.15, 0.2) is 0 Å². The highest BCUT2D eigenvalue weighted by Crippen LogP contribution is 2.32. The van der Waals surface area contributed by atoms with E-state index in [2.05, 4.69) is 5.32 Å². The van der Waals surface area contributed by atoms with Gasteiger partial charge in [0.25, 0.3) is 5.91 Å². The lowest BCUT2D eigenvalue weighted by molar-refractivity contribution is -0.137. The van der Waals surface area contributed by atoms with Crippen molar-refractivity contribution < 1.29 is 18.0 Å². The Hall–Kier alpha value is -1.72. The Morgan fingerprint density at radius 1 is 1.39 bits per heavy atom. The normalized spacial score (nSPS) is 11.2. The number of benzene rings is 1. The van der Waals surface area contributed by atoms with Crippen molar-refractivity contribution in [2.75, 3.05) is 26.0 Å². The van der Waals surface area contributed by atoms with Crippen molar-refractivity contribution in [3.63, 3.8) is 0 Å². The predicted molar refractivity (Wildman–Crippen MR) is 63.6 cm³/mol. The summed E-state index contributed by atoms with van der Waals surface area (Å²) in [6, 6.07) is 3.09. The lowest BCUT2D eigenvalue weighted by atomic mass is 10.1. The molecule has 3 nitrogen and oxygen atoms in total. The number of nitrogens with zero attached hydrogens (tertiary/aromatic N) is 1. The summed E-state index contributed by atoms with van der Waals surface area (Å²) in [5.41, 5.74) is -0.417. The topological polar surface area (TPSA) is 32.3 Å². The summed E-state index contributed by atoms with van der Waals surface area (Å²) in [6.45, 7) is 2.18. The number of hydrogen-bond donors (Lipinski definition) is 1. The third-order valence-electron chi connectivity index (χ3n) is 2.67. The molecule has 0 atom stereocenters. The van der Waals surface area contributed by atoms with Crippen molar-refractivity contribution in [1.82, 2.24) is 4.90 Å². The van der Waals surface area contributed by atoms with Crippen LogP contribution in [-0.2, 0) is 6.18 Å². The summed E-state index contributed by atoms with van der Waals surface area (Å²) in [7, 11) is 3.10. The van der Waals surface area contributed by atoms with Crippen LogP contribution in [-0.4, -0.2) is 31.4 Å². The van der Waals surface area contributed by atoms with Crippen molar-refractivity contribution >= 4 is 11.6 Å². The highest BCUT2D eigenvalue weighted by atomic mass is 19.4. The zero-order chi connectivity index (χ0) is 13.9. The molecule has 0 aliphatic carbocycles. The fourth-order valence-corrected chi connectivity index (χ4v) is 1.46. The Labute approximate surface area is 104 Å². The first-order valence-electron chi connectivity index (χ1n) is 5.45. The molecule has 0 aliphatic rings. The second-order valence-electron chi connectivity index (χ2n) is 3.83. The van der Waals surface area contributed by atoms with E-state index in [-0.39, 0.29) is 5.56 Å². The van der Waals surface area contributed by atoms with Gasteiger partial charge in [0.2, 0.25) is 0 Å². The molecule has 18 heavy (non-hydrogen) atoms. The maximum Gasteiger partial charge on any atom is 0.416 e. The van der Waals surface area contributed by atoms with E-state index in [0.717, 1.165) is 12.1 Å². The molecule has 0 saturated heterocycles. The number of carbonyl (C=O) groups is 1. The Morgan fingerprint density at radius 2 is 2.00 bits per heavy atom. The number of nitrogens with one attached hydrogen (secondary N) is 1. The molecule has 1 amide bonds. The van der Waals surface area contributed by atoms with E-state index in [0.29, 0.717) is 12.2 Å². The second-order valence-corrected chi connectivity index (χ2v) is 3.83. The van der Waals surface area contributed by atoms with Gasteiger partial charge in [-0.1, -0.05) is 0 Å². The van der Waals surface area contributed by atoms with Crippen LogP contribution in [0.1, 0.15) is 22.8 Å². The fraction of sp³-hybridized carbons (Fsp3) is 0.417. The van der Waals surface area contributed by atoms with Gasteiger partial charge in [-0.25, -0.2) is 0 Å². The number of carbonyl (C=O) groups excluding carboxylic acids is 1. The van der Waals surface area contributed by atoms with E-state index >= 15 is 0 Å². The molecule has 6 heteroatoms.